The molecular weight excluding hydrogens is 216 g/mol. The Labute approximate surface area is 103 Å². The van der Waals surface area contributed by atoms with Crippen LogP contribution in [0.4, 0.5) is 0 Å². The van der Waals surface area contributed by atoms with E-state index in [0.717, 1.165) is 19.0 Å². The van der Waals surface area contributed by atoms with Gasteiger partial charge in [0, 0.05) is 31.1 Å². The van der Waals surface area contributed by atoms with Gasteiger partial charge in [-0.2, -0.15) is 0 Å². The van der Waals surface area contributed by atoms with Gasteiger partial charge in [-0.05, 0) is 37.3 Å². The first kappa shape index (κ1) is 12.1. The van der Waals surface area contributed by atoms with E-state index in [0.29, 0.717) is 0 Å². The molecule has 0 atom stereocenters. The van der Waals surface area contributed by atoms with Crippen LogP contribution >= 0.6 is 11.3 Å². The molecule has 0 bridgehead atoms. The van der Waals surface area contributed by atoms with Crippen LogP contribution in [0.5, 0.6) is 0 Å². The highest BCUT2D eigenvalue weighted by atomic mass is 32.1. The Balaban J connectivity index is 1.50. The highest BCUT2D eigenvalue weighted by Gasteiger charge is 2.18. The predicted molar refractivity (Wildman–Crippen MR) is 70.9 cm³/mol. The molecule has 16 heavy (non-hydrogen) atoms. The molecule has 0 unspecified atom stereocenters. The highest BCUT2D eigenvalue weighted by molar-refractivity contribution is 7.09. The van der Waals surface area contributed by atoms with Gasteiger partial charge in [0.05, 0.1) is 0 Å². The standard InChI is InChI=1S/C13H22N2S/c1-15(11-12-4-2-5-12)8-7-14-10-13-6-3-9-16-13/h3,6,9,12,14H,2,4-5,7-8,10-11H2,1H3. The van der Waals surface area contributed by atoms with Gasteiger partial charge in [-0.3, -0.25) is 0 Å². The molecule has 1 fully saturated rings. The number of hydrogen-bond donors (Lipinski definition) is 1. The van der Waals surface area contributed by atoms with Crippen LogP contribution < -0.4 is 5.32 Å². The molecule has 1 saturated carbocycles. The lowest BCUT2D eigenvalue weighted by atomic mass is 9.85. The van der Waals surface area contributed by atoms with Crippen molar-refractivity contribution in [3.63, 3.8) is 0 Å². The molecular formula is C13H22N2S. The Hall–Kier alpha value is -0.380. The van der Waals surface area contributed by atoms with Gasteiger partial charge in [0.15, 0.2) is 0 Å². The summed E-state index contributed by atoms with van der Waals surface area (Å²) in [4.78, 5) is 3.90. The van der Waals surface area contributed by atoms with Crippen LogP contribution in [0.15, 0.2) is 17.5 Å². The molecule has 0 radical (unpaired) electrons. The third-order valence-corrected chi connectivity index (χ3v) is 4.22. The van der Waals surface area contributed by atoms with Gasteiger partial charge in [-0.1, -0.05) is 12.5 Å². The van der Waals surface area contributed by atoms with Gasteiger partial charge in [0.25, 0.3) is 0 Å². The van der Waals surface area contributed by atoms with Crippen LogP contribution in [-0.4, -0.2) is 31.6 Å². The average Bonchev–Trinajstić information content (AvgIpc) is 2.71. The number of likely N-dealkylation sites (N-methyl/N-ethyl adjacent to an activating group) is 1. The molecule has 0 saturated heterocycles. The Morgan fingerprint density at radius 2 is 2.38 bits per heavy atom. The molecule has 1 aliphatic carbocycles. The van der Waals surface area contributed by atoms with Crippen LogP contribution in [0.2, 0.25) is 0 Å². The van der Waals surface area contributed by atoms with E-state index in [9.17, 15) is 0 Å². The Morgan fingerprint density at radius 1 is 1.50 bits per heavy atom. The van der Waals surface area contributed by atoms with Gasteiger partial charge in [-0.15, -0.1) is 11.3 Å². The SMILES string of the molecule is CN(CCNCc1cccs1)CC1CCC1. The molecule has 1 aromatic rings. The lowest BCUT2D eigenvalue weighted by molar-refractivity contribution is 0.206. The molecule has 1 aliphatic rings. The topological polar surface area (TPSA) is 15.3 Å². The van der Waals surface area contributed by atoms with E-state index in [1.165, 1.54) is 37.2 Å². The van der Waals surface area contributed by atoms with Crippen molar-refractivity contribution in [1.82, 2.24) is 10.2 Å². The van der Waals surface area contributed by atoms with Crippen molar-refractivity contribution in [2.75, 3.05) is 26.7 Å². The molecule has 1 aromatic heterocycles. The van der Waals surface area contributed by atoms with Gasteiger partial charge < -0.3 is 10.2 Å². The van der Waals surface area contributed by atoms with Crippen molar-refractivity contribution < 1.29 is 0 Å². The van der Waals surface area contributed by atoms with Crippen LogP contribution in [0.25, 0.3) is 0 Å². The number of thiophene rings is 1. The first-order valence-electron chi connectivity index (χ1n) is 6.26. The van der Waals surface area contributed by atoms with E-state index in [-0.39, 0.29) is 0 Å². The van der Waals surface area contributed by atoms with Crippen molar-refractivity contribution in [1.29, 1.82) is 0 Å². The van der Waals surface area contributed by atoms with Gasteiger partial charge in [-0.25, -0.2) is 0 Å². The maximum Gasteiger partial charge on any atom is 0.0300 e. The normalized spacial score (nSPS) is 16.6. The number of hydrogen-bond acceptors (Lipinski definition) is 3. The van der Waals surface area contributed by atoms with Crippen LogP contribution in [0, 0.1) is 5.92 Å². The first-order valence-corrected chi connectivity index (χ1v) is 7.14. The van der Waals surface area contributed by atoms with Crippen molar-refractivity contribution in [2.45, 2.75) is 25.8 Å². The smallest absolute Gasteiger partial charge is 0.0300 e. The second-order valence-corrected chi connectivity index (χ2v) is 5.85. The fourth-order valence-electron chi connectivity index (χ4n) is 2.10. The first-order chi connectivity index (χ1) is 7.84. The zero-order chi connectivity index (χ0) is 11.2. The summed E-state index contributed by atoms with van der Waals surface area (Å²) in [6.45, 7) is 4.58. The minimum atomic E-state index is 0.988. The average molecular weight is 238 g/mol. The molecule has 1 heterocycles. The monoisotopic (exact) mass is 238 g/mol. The summed E-state index contributed by atoms with van der Waals surface area (Å²) >= 11 is 1.83. The summed E-state index contributed by atoms with van der Waals surface area (Å²) in [5, 5.41) is 5.64. The van der Waals surface area contributed by atoms with Crippen molar-refractivity contribution in [3.05, 3.63) is 22.4 Å². The molecule has 90 valence electrons. The molecule has 0 spiro atoms. The predicted octanol–water partition coefficient (Wildman–Crippen LogP) is 2.57. The third-order valence-electron chi connectivity index (χ3n) is 3.34. The van der Waals surface area contributed by atoms with Crippen molar-refractivity contribution >= 4 is 11.3 Å². The maximum absolute atomic E-state index is 3.50. The van der Waals surface area contributed by atoms with Crippen LogP contribution in [-0.2, 0) is 6.54 Å². The second-order valence-electron chi connectivity index (χ2n) is 4.82. The summed E-state index contributed by atoms with van der Waals surface area (Å²) in [5.41, 5.74) is 0. The fourth-order valence-corrected chi connectivity index (χ4v) is 2.78. The van der Waals surface area contributed by atoms with Crippen molar-refractivity contribution in [3.8, 4) is 0 Å². The minimum absolute atomic E-state index is 0.988. The number of rotatable bonds is 7. The third kappa shape index (κ3) is 3.89. The molecule has 0 aromatic carbocycles. The van der Waals surface area contributed by atoms with E-state index >= 15 is 0 Å². The van der Waals surface area contributed by atoms with Crippen LogP contribution in [0.1, 0.15) is 24.1 Å². The number of nitrogens with one attached hydrogen (secondary N) is 1. The summed E-state index contributed by atoms with van der Waals surface area (Å²) in [6.07, 6.45) is 4.36. The fraction of sp³-hybridized carbons (Fsp3) is 0.692. The Kier molecular flexibility index (Phi) is 4.82. The summed E-state index contributed by atoms with van der Waals surface area (Å²) < 4.78 is 0. The molecule has 2 rings (SSSR count). The van der Waals surface area contributed by atoms with Gasteiger partial charge in [0.2, 0.25) is 0 Å². The highest BCUT2D eigenvalue weighted by Crippen LogP contribution is 2.26. The molecule has 3 heteroatoms. The van der Waals surface area contributed by atoms with Crippen molar-refractivity contribution in [2.24, 2.45) is 5.92 Å². The summed E-state index contributed by atoms with van der Waals surface area (Å²) in [5.74, 6) is 0.988. The molecule has 0 aliphatic heterocycles. The molecule has 0 amide bonds. The van der Waals surface area contributed by atoms with E-state index < -0.39 is 0 Å². The van der Waals surface area contributed by atoms with E-state index in [1.807, 2.05) is 11.3 Å². The zero-order valence-corrected chi connectivity index (χ0v) is 10.9. The van der Waals surface area contributed by atoms with Crippen LogP contribution in [0.3, 0.4) is 0 Å². The Morgan fingerprint density at radius 3 is 3.00 bits per heavy atom. The van der Waals surface area contributed by atoms with E-state index in [4.69, 9.17) is 0 Å². The molecule has 2 nitrogen and oxygen atoms in total. The summed E-state index contributed by atoms with van der Waals surface area (Å²) in [6, 6.07) is 4.31. The lowest BCUT2D eigenvalue weighted by Crippen LogP contribution is -2.34. The second kappa shape index (κ2) is 6.38. The zero-order valence-electron chi connectivity index (χ0n) is 10.1. The van der Waals surface area contributed by atoms with E-state index in [2.05, 4.69) is 34.8 Å². The quantitative estimate of drug-likeness (QED) is 0.735. The molecule has 1 N–H and O–H groups in total. The Bertz CT molecular complexity index is 280. The van der Waals surface area contributed by atoms with Gasteiger partial charge in [0.1, 0.15) is 0 Å². The largest absolute Gasteiger partial charge is 0.311 e. The maximum atomic E-state index is 3.50. The summed E-state index contributed by atoms with van der Waals surface area (Å²) in [7, 11) is 2.24. The lowest BCUT2D eigenvalue weighted by Gasteiger charge is -2.30. The van der Waals surface area contributed by atoms with E-state index in [1.54, 1.807) is 0 Å². The number of nitrogens with zero attached hydrogens (tertiary/aromatic N) is 1. The minimum Gasteiger partial charge on any atom is -0.311 e. The van der Waals surface area contributed by atoms with Gasteiger partial charge >= 0.3 is 0 Å².